The Bertz CT molecular complexity index is 424. The van der Waals surface area contributed by atoms with Crippen LogP contribution in [0.5, 0.6) is 5.75 Å². The van der Waals surface area contributed by atoms with Gasteiger partial charge in [-0.05, 0) is 43.4 Å². The predicted molar refractivity (Wildman–Crippen MR) is 82.8 cm³/mol. The molecule has 21 heavy (non-hydrogen) atoms. The Morgan fingerprint density at radius 2 is 2.29 bits per heavy atom. The van der Waals surface area contributed by atoms with Crippen LogP contribution in [-0.4, -0.2) is 62.0 Å². The molecule has 0 bridgehead atoms. The lowest BCUT2D eigenvalue weighted by molar-refractivity contribution is 0.0405. The van der Waals surface area contributed by atoms with E-state index >= 15 is 0 Å². The number of likely N-dealkylation sites (N-methyl/N-ethyl adjacent to an activating group) is 1. The zero-order valence-corrected chi connectivity index (χ0v) is 12.6. The second-order valence-corrected chi connectivity index (χ2v) is 5.64. The first-order chi connectivity index (χ1) is 10.1. The lowest BCUT2D eigenvalue weighted by Gasteiger charge is -2.27. The Labute approximate surface area is 126 Å². The zero-order valence-electron chi connectivity index (χ0n) is 12.6. The lowest BCUT2D eigenvalue weighted by atomic mass is 9.80. The Kier molecular flexibility index (Phi) is 6.51. The molecular weight excluding hydrogens is 269 g/mol. The normalized spacial score (nSPS) is 18.8. The fraction of sp³-hybridized carbons (Fsp3) is 0.600. The number of nitrogens with zero attached hydrogens (tertiary/aromatic N) is 1. The molecule has 1 unspecified atom stereocenters. The molecule has 1 aliphatic heterocycles. The highest BCUT2D eigenvalue weighted by Crippen LogP contribution is 2.14. The summed E-state index contributed by atoms with van der Waals surface area (Å²) in [6.07, 6.45) is 2.40. The van der Waals surface area contributed by atoms with Crippen molar-refractivity contribution in [1.29, 1.82) is 0 Å². The first kappa shape index (κ1) is 16.3. The molecule has 1 aromatic rings. The summed E-state index contributed by atoms with van der Waals surface area (Å²) >= 11 is 0. The van der Waals surface area contributed by atoms with Crippen molar-refractivity contribution < 1.29 is 19.5 Å². The van der Waals surface area contributed by atoms with Crippen molar-refractivity contribution >= 4 is 12.6 Å². The summed E-state index contributed by atoms with van der Waals surface area (Å²) in [7, 11) is 0.633. The fourth-order valence-corrected chi connectivity index (χ4v) is 2.57. The van der Waals surface area contributed by atoms with Gasteiger partial charge in [0, 0.05) is 19.7 Å². The number of rotatable bonds is 7. The lowest BCUT2D eigenvalue weighted by Crippen LogP contribution is -2.33. The molecule has 6 heteroatoms. The predicted octanol–water partition coefficient (Wildman–Crippen LogP) is 0.104. The SMILES string of the molecule is CN(CCOc1cccc(B(O)O)c1)CC1CCCOC1. The average Bonchev–Trinajstić information content (AvgIpc) is 2.48. The fourth-order valence-electron chi connectivity index (χ4n) is 2.57. The van der Waals surface area contributed by atoms with Gasteiger partial charge in [-0.15, -0.1) is 0 Å². The van der Waals surface area contributed by atoms with Gasteiger partial charge in [-0.1, -0.05) is 12.1 Å². The highest BCUT2D eigenvalue weighted by molar-refractivity contribution is 6.58. The second kappa shape index (κ2) is 8.39. The van der Waals surface area contributed by atoms with E-state index < -0.39 is 7.12 Å². The summed E-state index contributed by atoms with van der Waals surface area (Å²) < 4.78 is 11.1. The molecule has 1 fully saturated rings. The Hall–Kier alpha value is -1.08. The largest absolute Gasteiger partial charge is 0.492 e. The molecule has 5 nitrogen and oxygen atoms in total. The summed E-state index contributed by atoms with van der Waals surface area (Å²) in [6, 6.07) is 6.89. The monoisotopic (exact) mass is 293 g/mol. The standard InChI is InChI=1S/C15H24BNO4/c1-17(11-13-4-3-8-20-12-13)7-9-21-15-6-2-5-14(10-15)16(18)19/h2,5-6,10,13,18-19H,3-4,7-9,11-12H2,1H3. The molecule has 1 aromatic carbocycles. The zero-order chi connectivity index (χ0) is 15.1. The maximum absolute atomic E-state index is 9.12. The number of hydrogen-bond acceptors (Lipinski definition) is 5. The van der Waals surface area contributed by atoms with E-state index in [0.29, 0.717) is 23.7 Å². The quantitative estimate of drug-likeness (QED) is 0.698. The smallest absolute Gasteiger partial charge is 0.488 e. The van der Waals surface area contributed by atoms with Crippen LogP contribution in [0.4, 0.5) is 0 Å². The summed E-state index contributed by atoms with van der Waals surface area (Å²) in [6.45, 7) is 4.20. The van der Waals surface area contributed by atoms with Gasteiger partial charge in [0.05, 0.1) is 6.61 Å². The molecular formula is C15H24BNO4. The molecule has 1 aliphatic rings. The first-order valence-corrected chi connectivity index (χ1v) is 7.50. The third-order valence-electron chi connectivity index (χ3n) is 3.72. The molecule has 1 heterocycles. The minimum Gasteiger partial charge on any atom is -0.492 e. The summed E-state index contributed by atoms with van der Waals surface area (Å²) in [5.74, 6) is 1.28. The van der Waals surface area contributed by atoms with Crippen LogP contribution >= 0.6 is 0 Å². The third-order valence-corrected chi connectivity index (χ3v) is 3.72. The maximum Gasteiger partial charge on any atom is 0.488 e. The van der Waals surface area contributed by atoms with Gasteiger partial charge < -0.3 is 24.4 Å². The summed E-state index contributed by atoms with van der Waals surface area (Å²) in [4.78, 5) is 2.25. The minimum absolute atomic E-state index is 0.445. The Morgan fingerprint density at radius 1 is 1.43 bits per heavy atom. The van der Waals surface area contributed by atoms with E-state index in [1.807, 2.05) is 6.07 Å². The molecule has 0 saturated carbocycles. The van der Waals surface area contributed by atoms with Gasteiger partial charge in [-0.25, -0.2) is 0 Å². The molecule has 1 saturated heterocycles. The van der Waals surface area contributed by atoms with E-state index in [2.05, 4.69) is 11.9 Å². The van der Waals surface area contributed by atoms with Crippen molar-refractivity contribution in [2.24, 2.45) is 5.92 Å². The average molecular weight is 293 g/mol. The van der Waals surface area contributed by atoms with E-state index in [4.69, 9.17) is 19.5 Å². The molecule has 2 N–H and O–H groups in total. The van der Waals surface area contributed by atoms with Crippen molar-refractivity contribution in [2.75, 3.05) is 40.0 Å². The highest BCUT2D eigenvalue weighted by atomic mass is 16.5. The van der Waals surface area contributed by atoms with E-state index in [-0.39, 0.29) is 0 Å². The van der Waals surface area contributed by atoms with Crippen molar-refractivity contribution in [3.63, 3.8) is 0 Å². The van der Waals surface area contributed by atoms with Crippen LogP contribution in [-0.2, 0) is 4.74 Å². The van der Waals surface area contributed by atoms with Crippen molar-refractivity contribution in [2.45, 2.75) is 12.8 Å². The van der Waals surface area contributed by atoms with Crippen LogP contribution < -0.4 is 10.2 Å². The van der Waals surface area contributed by atoms with Gasteiger partial charge in [0.2, 0.25) is 0 Å². The number of ether oxygens (including phenoxy) is 2. The molecule has 0 spiro atoms. The molecule has 1 atom stereocenters. The van der Waals surface area contributed by atoms with Gasteiger partial charge in [-0.2, -0.15) is 0 Å². The van der Waals surface area contributed by atoms with Crippen LogP contribution in [0.1, 0.15) is 12.8 Å². The number of hydrogen-bond donors (Lipinski definition) is 2. The first-order valence-electron chi connectivity index (χ1n) is 7.50. The van der Waals surface area contributed by atoms with Crippen molar-refractivity contribution in [1.82, 2.24) is 4.90 Å². The second-order valence-electron chi connectivity index (χ2n) is 5.64. The molecule has 0 radical (unpaired) electrons. The minimum atomic E-state index is -1.46. The van der Waals surface area contributed by atoms with Gasteiger partial charge >= 0.3 is 7.12 Å². The summed E-state index contributed by atoms with van der Waals surface area (Å²) in [5.41, 5.74) is 0.445. The Morgan fingerprint density at radius 3 is 3.00 bits per heavy atom. The molecule has 0 aromatic heterocycles. The number of benzene rings is 1. The molecule has 0 aliphatic carbocycles. The van der Waals surface area contributed by atoms with E-state index in [1.54, 1.807) is 18.2 Å². The van der Waals surface area contributed by atoms with Gasteiger partial charge in [0.25, 0.3) is 0 Å². The molecule has 116 valence electrons. The van der Waals surface area contributed by atoms with Crippen LogP contribution in [0.2, 0.25) is 0 Å². The molecule has 0 amide bonds. The van der Waals surface area contributed by atoms with Gasteiger partial charge in [0.15, 0.2) is 0 Å². The van der Waals surface area contributed by atoms with Gasteiger partial charge in [0.1, 0.15) is 12.4 Å². The highest BCUT2D eigenvalue weighted by Gasteiger charge is 2.16. The van der Waals surface area contributed by atoms with E-state index in [0.717, 1.165) is 32.7 Å². The van der Waals surface area contributed by atoms with Crippen molar-refractivity contribution in [3.05, 3.63) is 24.3 Å². The van der Waals surface area contributed by atoms with E-state index in [1.165, 1.54) is 6.42 Å². The third kappa shape index (κ3) is 5.67. The molecule has 2 rings (SSSR count). The van der Waals surface area contributed by atoms with Crippen LogP contribution in [0.15, 0.2) is 24.3 Å². The maximum atomic E-state index is 9.12. The summed E-state index contributed by atoms with van der Waals surface area (Å²) in [5, 5.41) is 18.2. The van der Waals surface area contributed by atoms with Crippen LogP contribution in [0, 0.1) is 5.92 Å². The topological polar surface area (TPSA) is 62.2 Å². The van der Waals surface area contributed by atoms with Crippen LogP contribution in [0.25, 0.3) is 0 Å². The Balaban J connectivity index is 1.69. The van der Waals surface area contributed by atoms with Crippen molar-refractivity contribution in [3.8, 4) is 5.75 Å². The van der Waals surface area contributed by atoms with Crippen LogP contribution in [0.3, 0.4) is 0 Å². The van der Waals surface area contributed by atoms with E-state index in [9.17, 15) is 0 Å². The van der Waals surface area contributed by atoms with Gasteiger partial charge in [-0.3, -0.25) is 0 Å².